The summed E-state index contributed by atoms with van der Waals surface area (Å²) in [5.74, 6) is -0.329. The number of hydrogen-bond donors (Lipinski definition) is 1. The molecule has 1 fully saturated rings. The first-order valence-electron chi connectivity index (χ1n) is 6.72. The van der Waals surface area contributed by atoms with E-state index < -0.39 is 7.12 Å². The number of hydrogen-bond acceptors (Lipinski definition) is 5. The summed E-state index contributed by atoms with van der Waals surface area (Å²) in [4.78, 5) is 9.54. The minimum atomic E-state index is -0.410. The van der Waals surface area contributed by atoms with Crippen LogP contribution in [0.2, 0.25) is 0 Å². The van der Waals surface area contributed by atoms with E-state index in [9.17, 15) is 4.79 Å². The Morgan fingerprint density at radius 3 is 2.36 bits per heavy atom. The number of carbonyl (C=O) groups is 1. The highest BCUT2D eigenvalue weighted by Gasteiger charge is 2.52. The van der Waals surface area contributed by atoms with Crippen molar-refractivity contribution in [2.75, 3.05) is 5.33 Å². The molecule has 1 aromatic heterocycles. The van der Waals surface area contributed by atoms with E-state index in [4.69, 9.17) is 14.6 Å². The van der Waals surface area contributed by atoms with E-state index in [0.717, 1.165) is 5.46 Å². The molecule has 0 spiro atoms. The lowest BCUT2D eigenvalue weighted by Gasteiger charge is -2.32. The van der Waals surface area contributed by atoms with Crippen molar-refractivity contribution < 1.29 is 14.1 Å². The Labute approximate surface area is 139 Å². The van der Waals surface area contributed by atoms with Crippen molar-refractivity contribution >= 4 is 34.4 Å². The molecule has 1 amide bonds. The summed E-state index contributed by atoms with van der Waals surface area (Å²) in [5, 5.41) is 12.9. The minimum absolute atomic E-state index is 0.236. The fraction of sp³-hybridized carbons (Fsp3) is 0.615. The van der Waals surface area contributed by atoms with Crippen molar-refractivity contribution in [1.82, 2.24) is 9.78 Å². The van der Waals surface area contributed by atoms with Gasteiger partial charge in [0.1, 0.15) is 6.54 Å². The quantitative estimate of drug-likeness (QED) is 0.618. The largest absolute Gasteiger partial charge is 0.498 e. The summed E-state index contributed by atoms with van der Waals surface area (Å²) in [6.07, 6.45) is 3.46. The lowest BCUT2D eigenvalue weighted by molar-refractivity contribution is -0.115. The van der Waals surface area contributed by atoms with Gasteiger partial charge in [0.25, 0.3) is 0 Å². The molecule has 0 bridgehead atoms. The minimum Gasteiger partial charge on any atom is -0.399 e. The zero-order valence-electron chi connectivity index (χ0n) is 13.2. The zero-order chi connectivity index (χ0) is 17.0. The van der Waals surface area contributed by atoms with Crippen LogP contribution < -0.4 is 11.2 Å². The van der Waals surface area contributed by atoms with Crippen LogP contribution in [-0.4, -0.2) is 39.3 Å². The Morgan fingerprint density at radius 1 is 1.45 bits per heavy atom. The first kappa shape index (κ1) is 18.7. The molecule has 0 atom stereocenters. The van der Waals surface area contributed by atoms with Crippen LogP contribution in [0.25, 0.3) is 0 Å². The third-order valence-electron chi connectivity index (χ3n) is 3.54. The van der Waals surface area contributed by atoms with Crippen LogP contribution in [0.15, 0.2) is 12.4 Å². The number of rotatable bonds is 3. The van der Waals surface area contributed by atoms with Gasteiger partial charge < -0.3 is 15.0 Å². The third kappa shape index (κ3) is 4.56. The maximum absolute atomic E-state index is 9.54. The second-order valence-corrected chi connectivity index (χ2v) is 6.38. The fourth-order valence-corrected chi connectivity index (χ4v) is 1.64. The molecule has 120 valence electrons. The molecule has 7 nitrogen and oxygen atoms in total. The summed E-state index contributed by atoms with van der Waals surface area (Å²) >= 11 is 2.84. The van der Waals surface area contributed by atoms with Crippen LogP contribution in [0.4, 0.5) is 0 Å². The van der Waals surface area contributed by atoms with Crippen molar-refractivity contribution in [3.05, 3.63) is 12.4 Å². The predicted molar refractivity (Wildman–Crippen MR) is 86.5 cm³/mol. The Hall–Kier alpha value is -1.37. The molecule has 0 aromatic carbocycles. The van der Waals surface area contributed by atoms with Gasteiger partial charge in [0.2, 0.25) is 5.91 Å². The Morgan fingerprint density at radius 2 is 1.95 bits per heavy atom. The topological polar surface area (TPSA) is 103 Å². The van der Waals surface area contributed by atoms with Gasteiger partial charge in [-0.2, -0.15) is 10.4 Å². The molecule has 9 heteroatoms. The number of nitrogens with zero attached hydrogens (tertiary/aromatic N) is 3. The number of nitrogens with two attached hydrogens (primary N) is 1. The van der Waals surface area contributed by atoms with E-state index in [2.05, 4.69) is 26.8 Å². The van der Waals surface area contributed by atoms with Gasteiger partial charge in [0, 0.05) is 17.9 Å². The van der Waals surface area contributed by atoms with Gasteiger partial charge in [0.05, 0.1) is 22.6 Å². The standard InChI is InChI=1S/C11H16BN3O2.C2H4BrNO/c1-10(2)11(3,4)17-12(16-10)9-7-14-15(8-9)6-5-13;3-1-2(4)5/h7-8H,6H2,1-4H3;1H2,(H2,4,5). The van der Waals surface area contributed by atoms with Gasteiger partial charge in [-0.1, -0.05) is 15.9 Å². The first-order valence-corrected chi connectivity index (χ1v) is 7.84. The molecule has 0 aliphatic carbocycles. The van der Waals surface area contributed by atoms with Crippen molar-refractivity contribution in [2.24, 2.45) is 5.73 Å². The summed E-state index contributed by atoms with van der Waals surface area (Å²) in [5.41, 5.74) is 4.75. The molecular weight excluding hydrogens is 351 g/mol. The van der Waals surface area contributed by atoms with E-state index >= 15 is 0 Å². The van der Waals surface area contributed by atoms with Gasteiger partial charge in [0.15, 0.2) is 0 Å². The summed E-state index contributed by atoms with van der Waals surface area (Å²) in [6, 6.07) is 2.04. The van der Waals surface area contributed by atoms with Crippen molar-refractivity contribution in [3.8, 4) is 6.07 Å². The highest BCUT2D eigenvalue weighted by Crippen LogP contribution is 2.36. The monoisotopic (exact) mass is 370 g/mol. The number of nitriles is 1. The highest BCUT2D eigenvalue weighted by atomic mass is 79.9. The van der Waals surface area contributed by atoms with Gasteiger partial charge >= 0.3 is 7.12 Å². The van der Waals surface area contributed by atoms with Crippen LogP contribution in [0.5, 0.6) is 0 Å². The van der Waals surface area contributed by atoms with Gasteiger partial charge in [-0.3, -0.25) is 9.48 Å². The Bertz CT molecular complexity index is 552. The third-order valence-corrected chi connectivity index (χ3v) is 4.10. The number of primary amides is 1. The molecule has 22 heavy (non-hydrogen) atoms. The molecule has 2 heterocycles. The van der Waals surface area contributed by atoms with E-state index in [0.29, 0.717) is 0 Å². The van der Waals surface area contributed by atoms with Crippen molar-refractivity contribution in [2.45, 2.75) is 45.4 Å². The SMILES string of the molecule is CC1(C)OB(c2cnn(CC#N)c2)OC1(C)C.NC(=O)CBr. The fourth-order valence-electron chi connectivity index (χ4n) is 1.64. The second-order valence-electron chi connectivity index (χ2n) is 5.82. The maximum atomic E-state index is 9.54. The van der Waals surface area contributed by atoms with Crippen LogP contribution in [-0.2, 0) is 20.6 Å². The van der Waals surface area contributed by atoms with Crippen LogP contribution in [0.3, 0.4) is 0 Å². The van der Waals surface area contributed by atoms with Crippen molar-refractivity contribution in [3.63, 3.8) is 0 Å². The maximum Gasteiger partial charge on any atom is 0.498 e. The van der Waals surface area contributed by atoms with Gasteiger partial charge in [-0.25, -0.2) is 0 Å². The lowest BCUT2D eigenvalue weighted by Crippen LogP contribution is -2.41. The van der Waals surface area contributed by atoms with E-state index in [-0.39, 0.29) is 29.0 Å². The molecule has 1 aliphatic rings. The molecular formula is C13H20BBrN4O3. The lowest BCUT2D eigenvalue weighted by atomic mass is 9.82. The van der Waals surface area contributed by atoms with Crippen molar-refractivity contribution in [1.29, 1.82) is 5.26 Å². The zero-order valence-corrected chi connectivity index (χ0v) is 14.8. The molecule has 1 saturated heterocycles. The molecule has 1 aliphatic heterocycles. The highest BCUT2D eigenvalue weighted by molar-refractivity contribution is 9.09. The van der Waals surface area contributed by atoms with Gasteiger partial charge in [-0.05, 0) is 27.7 Å². The molecule has 2 rings (SSSR count). The Balaban J connectivity index is 0.000000422. The molecule has 0 saturated carbocycles. The number of alkyl halides is 1. The molecule has 0 unspecified atom stereocenters. The van der Waals surface area contributed by atoms with Crippen LogP contribution >= 0.6 is 15.9 Å². The summed E-state index contributed by atoms with van der Waals surface area (Å²) < 4.78 is 13.3. The average Bonchev–Trinajstić information content (AvgIpc) is 2.94. The van der Waals surface area contributed by atoms with Gasteiger partial charge in [-0.15, -0.1) is 0 Å². The number of halogens is 1. The molecule has 2 N–H and O–H groups in total. The van der Waals surface area contributed by atoms with E-state index in [1.807, 2.05) is 33.8 Å². The normalized spacial score (nSPS) is 18.3. The van der Waals surface area contributed by atoms with E-state index in [1.165, 1.54) is 0 Å². The smallest absolute Gasteiger partial charge is 0.399 e. The predicted octanol–water partition coefficient (Wildman–Crippen LogP) is 0.572. The summed E-state index contributed by atoms with van der Waals surface area (Å²) in [6.45, 7) is 8.26. The number of aromatic nitrogens is 2. The number of amides is 1. The van der Waals surface area contributed by atoms with E-state index in [1.54, 1.807) is 17.1 Å². The molecule has 0 radical (unpaired) electrons. The Kier molecular flexibility index (Phi) is 6.17. The molecule has 1 aromatic rings. The van der Waals surface area contributed by atoms with Crippen LogP contribution in [0, 0.1) is 11.3 Å². The van der Waals surface area contributed by atoms with Crippen LogP contribution in [0.1, 0.15) is 27.7 Å². The average molecular weight is 371 g/mol. The second kappa shape index (κ2) is 7.27. The summed E-state index contributed by atoms with van der Waals surface area (Å²) in [7, 11) is -0.410. The first-order chi connectivity index (χ1) is 10.1. The number of carbonyl (C=O) groups excluding carboxylic acids is 1.